The van der Waals surface area contributed by atoms with Gasteiger partial charge in [0.1, 0.15) is 17.3 Å². The first kappa shape index (κ1) is 71.6. The van der Waals surface area contributed by atoms with Gasteiger partial charge in [-0.05, 0) is 99.6 Å². The number of rotatable bonds is 38. The highest BCUT2D eigenvalue weighted by molar-refractivity contribution is 7.09. The summed E-state index contributed by atoms with van der Waals surface area (Å²) in [6, 6.07) is 13.6. The monoisotopic (exact) mass is 1210 g/mol. The van der Waals surface area contributed by atoms with Crippen LogP contribution in [0.25, 0.3) is 0 Å². The molecule has 1 saturated heterocycles. The van der Waals surface area contributed by atoms with Gasteiger partial charge in [0, 0.05) is 93.5 Å². The fourth-order valence-corrected chi connectivity index (χ4v) is 11.7. The van der Waals surface area contributed by atoms with Crippen LogP contribution in [0, 0.1) is 35.5 Å². The van der Waals surface area contributed by atoms with Crippen LogP contribution in [0.5, 0.6) is 0 Å². The quantitative estimate of drug-likeness (QED) is 0.0232. The molecule has 2 aromatic carbocycles. The smallest absolute Gasteiger partial charge is 0.312 e. The molecule has 0 radical (unpaired) electrons. The maximum absolute atomic E-state index is 14.5. The molecule has 0 bridgehead atoms. The molecule has 6 amide bonds. The molecule has 7 N–H and O–H groups in total. The predicted octanol–water partition coefficient (Wildman–Crippen LogP) is 8.24. The zero-order valence-corrected chi connectivity index (χ0v) is 52.8. The van der Waals surface area contributed by atoms with Crippen LogP contribution in [-0.4, -0.2) is 137 Å². The molecule has 86 heavy (non-hydrogen) atoms. The van der Waals surface area contributed by atoms with Crippen LogP contribution >= 0.6 is 11.3 Å². The number of aliphatic carboxylic acids is 1. The minimum atomic E-state index is -1.03. The number of hydrogen-bond donors (Lipinski definition) is 6. The number of carbonyl (C=O) groups excluding carboxylic acids is 9. The number of carbonyl (C=O) groups is 10. The fourth-order valence-electron chi connectivity index (χ4n) is 10.9. The zero-order chi connectivity index (χ0) is 63.6. The highest BCUT2D eigenvalue weighted by Crippen LogP contribution is 2.33. The third-order valence-electron chi connectivity index (χ3n) is 16.2. The minimum absolute atomic E-state index is 0.0457. The van der Waals surface area contributed by atoms with Crippen molar-refractivity contribution in [3.63, 3.8) is 0 Å². The summed E-state index contributed by atoms with van der Waals surface area (Å²) < 4.78 is 11.8. The molecule has 9 atom stereocenters. The minimum Gasteiger partial charge on any atom is -0.481 e. The Morgan fingerprint density at radius 2 is 1.55 bits per heavy atom. The Kier molecular flexibility index (Phi) is 30.2. The van der Waals surface area contributed by atoms with Gasteiger partial charge in [-0.25, -0.2) is 9.78 Å². The molecule has 1 fully saturated rings. The molecule has 22 heteroatoms. The van der Waals surface area contributed by atoms with E-state index >= 15 is 0 Å². The number of carboxylic acids is 1. The Hall–Kier alpha value is -6.91. The number of amides is 6. The summed E-state index contributed by atoms with van der Waals surface area (Å²) in [6.45, 7) is 15.5. The molecule has 1 aliphatic rings. The molecule has 2 heterocycles. The molecule has 1 aromatic heterocycles. The number of thiazole rings is 1. The lowest BCUT2D eigenvalue weighted by molar-refractivity contribution is -0.149. The number of nitrogens with one attached hydrogen (secondary N) is 4. The number of Topliss-reactive ketones (excluding diaryl/α,β-unsaturated/α-hetero) is 3. The predicted molar refractivity (Wildman–Crippen MR) is 329 cm³/mol. The van der Waals surface area contributed by atoms with Gasteiger partial charge in [0.2, 0.25) is 17.7 Å². The van der Waals surface area contributed by atoms with Crippen molar-refractivity contribution >= 4 is 76.0 Å². The van der Waals surface area contributed by atoms with E-state index in [9.17, 15) is 47.9 Å². The lowest BCUT2D eigenvalue weighted by atomic mass is 9.83. The summed E-state index contributed by atoms with van der Waals surface area (Å²) in [5, 5.41) is 22.1. The molecule has 0 spiro atoms. The zero-order valence-electron chi connectivity index (χ0n) is 52.0. The van der Waals surface area contributed by atoms with E-state index in [-0.39, 0.29) is 124 Å². The molecule has 0 unspecified atom stereocenters. The highest BCUT2D eigenvalue weighted by Gasteiger charge is 2.38. The van der Waals surface area contributed by atoms with Crippen molar-refractivity contribution in [2.75, 3.05) is 39.1 Å². The number of ketones is 3. The number of urea groups is 1. The SMILES string of the molecule is CC[C@H](C)[C@H](CC(=O)[C@H]1CCCCN1C)C(=O)N(C)[C@H](C[C@@H](OC(C)=O)c1nc(C(=O)N[C@@H](Cc2ccccc2)C[C@H](C)C(=O)COCc2ccc(NC(=O)[C@H](CCCNC(N)=O)CC(=O)[C@@H](NC(=O)CCCC(=O)O)C(C)C)cc2)cs1)C(C)C. The third-order valence-corrected chi connectivity index (χ3v) is 17.1. The van der Waals surface area contributed by atoms with Crippen molar-refractivity contribution in [2.45, 2.75) is 182 Å². The van der Waals surface area contributed by atoms with Gasteiger partial charge in [-0.1, -0.05) is 104 Å². The summed E-state index contributed by atoms with van der Waals surface area (Å²) in [7, 11) is 3.72. The Bertz CT molecular complexity index is 2720. The van der Waals surface area contributed by atoms with Crippen LogP contribution in [0.15, 0.2) is 60.0 Å². The molecule has 474 valence electrons. The number of carboxylic acid groups (broad SMARTS) is 1. The van der Waals surface area contributed by atoms with Crippen LogP contribution in [-0.2, 0) is 60.9 Å². The van der Waals surface area contributed by atoms with Gasteiger partial charge < -0.3 is 46.5 Å². The average Bonchev–Trinajstić information content (AvgIpc) is 2.47. The molecule has 0 saturated carbocycles. The number of nitrogens with zero attached hydrogens (tertiary/aromatic N) is 3. The summed E-state index contributed by atoms with van der Waals surface area (Å²) in [4.78, 5) is 139. The Labute approximate surface area is 511 Å². The van der Waals surface area contributed by atoms with Crippen molar-refractivity contribution in [1.82, 2.24) is 30.7 Å². The molecule has 21 nitrogen and oxygen atoms in total. The maximum atomic E-state index is 14.5. The van der Waals surface area contributed by atoms with E-state index in [1.807, 2.05) is 65.1 Å². The summed E-state index contributed by atoms with van der Waals surface area (Å²) in [6.07, 6.45) is 3.88. The number of ether oxygens (including phenoxy) is 2. The van der Waals surface area contributed by atoms with Crippen molar-refractivity contribution in [3.05, 3.63) is 81.8 Å². The van der Waals surface area contributed by atoms with Crippen molar-refractivity contribution in [3.8, 4) is 0 Å². The second-order valence-corrected chi connectivity index (χ2v) is 24.7. The van der Waals surface area contributed by atoms with E-state index in [0.717, 1.165) is 37.8 Å². The Balaban J connectivity index is 1.39. The van der Waals surface area contributed by atoms with E-state index in [4.69, 9.17) is 25.3 Å². The van der Waals surface area contributed by atoms with Gasteiger partial charge in [0.25, 0.3) is 5.91 Å². The summed E-state index contributed by atoms with van der Waals surface area (Å²) in [5.41, 5.74) is 7.41. The lowest BCUT2D eigenvalue weighted by Gasteiger charge is -2.37. The average molecular weight is 1220 g/mol. The van der Waals surface area contributed by atoms with Crippen LogP contribution in [0.4, 0.5) is 10.5 Å². The number of anilines is 1. The number of aromatic nitrogens is 1. The van der Waals surface area contributed by atoms with E-state index in [1.54, 1.807) is 62.4 Å². The molecular formula is C64H94N8O13S. The molecule has 3 aromatic rings. The van der Waals surface area contributed by atoms with Gasteiger partial charge >= 0.3 is 18.0 Å². The van der Waals surface area contributed by atoms with E-state index < -0.39 is 77.7 Å². The fraction of sp³-hybridized carbons (Fsp3) is 0.609. The number of primary amides is 1. The van der Waals surface area contributed by atoms with Gasteiger partial charge in [-0.3, -0.25) is 48.1 Å². The van der Waals surface area contributed by atoms with E-state index in [1.165, 1.54) is 18.3 Å². The standard InChI is InChI=1S/C64H94N8O13S/c1-11-41(6)49(34-53(74)51-22-15-16-30-71(51)9)63(82)72(10)52(39(2)3)35-56(85-43(8)73)62-69-50(38-86-62)61(81)68-48(32-44-19-13-12-14-20-44)31-42(7)55(76)37-84-36-45-25-27-47(28-26-45)67-60(80)46(21-18-29-66-64(65)83)33-54(75)59(40(4)5)70-57(77)23-17-24-58(78)79/h12-14,19-20,25-28,38-42,46,48-49,51-52,56,59H,11,15-18,21-24,29-37H2,1-10H3,(H,67,80)(H,68,81)(H,70,77)(H,78,79)(H3,65,66,83)/t41-,42-,46+,48+,49-,51+,52+,56+,59-/m0/s1. The first-order valence-corrected chi connectivity index (χ1v) is 31.2. The van der Waals surface area contributed by atoms with E-state index in [0.29, 0.717) is 29.1 Å². The number of piperidine rings is 1. The second kappa shape index (κ2) is 36.3. The summed E-state index contributed by atoms with van der Waals surface area (Å²) >= 11 is 1.17. The lowest BCUT2D eigenvalue weighted by Crippen LogP contribution is -2.48. The molecular weight excluding hydrogens is 1120 g/mol. The first-order chi connectivity index (χ1) is 40.8. The normalized spacial score (nSPS) is 16.3. The Morgan fingerprint density at radius 3 is 2.16 bits per heavy atom. The van der Waals surface area contributed by atoms with Crippen molar-refractivity contribution < 1.29 is 62.5 Å². The number of nitrogens with two attached hydrogens (primary N) is 1. The van der Waals surface area contributed by atoms with Crippen molar-refractivity contribution in [1.29, 1.82) is 0 Å². The van der Waals surface area contributed by atoms with Crippen LogP contribution in [0.3, 0.4) is 0 Å². The largest absolute Gasteiger partial charge is 0.481 e. The molecule has 4 rings (SSSR count). The molecule has 0 aliphatic carbocycles. The maximum Gasteiger partial charge on any atom is 0.312 e. The van der Waals surface area contributed by atoms with Gasteiger partial charge in [-0.2, -0.15) is 0 Å². The van der Waals surface area contributed by atoms with E-state index in [2.05, 4.69) is 26.2 Å². The topological polar surface area (TPSA) is 303 Å². The number of hydrogen-bond acceptors (Lipinski definition) is 15. The van der Waals surface area contributed by atoms with Gasteiger partial charge in [0.15, 0.2) is 23.5 Å². The van der Waals surface area contributed by atoms with Crippen LogP contribution in [0.1, 0.15) is 172 Å². The number of likely N-dealkylation sites (tertiary alicyclic amines) is 1. The van der Waals surface area contributed by atoms with Crippen LogP contribution in [0.2, 0.25) is 0 Å². The van der Waals surface area contributed by atoms with Gasteiger partial charge in [-0.15, -0.1) is 11.3 Å². The highest BCUT2D eigenvalue weighted by atomic mass is 32.1. The first-order valence-electron chi connectivity index (χ1n) is 30.3. The van der Waals surface area contributed by atoms with Crippen LogP contribution < -0.4 is 27.0 Å². The number of likely N-dealkylation sites (N-methyl/N-ethyl adjacent to an activating group) is 1. The second-order valence-electron chi connectivity index (χ2n) is 23.8. The summed E-state index contributed by atoms with van der Waals surface area (Å²) in [5.74, 6) is -5.90. The Morgan fingerprint density at radius 1 is 0.849 bits per heavy atom. The third kappa shape index (κ3) is 24.1. The van der Waals surface area contributed by atoms with Crippen molar-refractivity contribution in [2.24, 2.45) is 41.2 Å². The number of benzene rings is 2. The molecule has 1 aliphatic heterocycles. The number of esters is 1. The van der Waals surface area contributed by atoms with Gasteiger partial charge in [0.05, 0.1) is 18.7 Å².